The highest BCUT2D eigenvalue weighted by atomic mass is 32.2. The molecular formula is C9H13N3S2. The maximum absolute atomic E-state index is 8.37. The smallest absolute Gasteiger partial charge is 0.107 e. The van der Waals surface area contributed by atoms with Gasteiger partial charge in [-0.1, -0.05) is 0 Å². The van der Waals surface area contributed by atoms with Gasteiger partial charge in [-0.15, -0.1) is 23.1 Å². The maximum atomic E-state index is 8.37. The van der Waals surface area contributed by atoms with Crippen LogP contribution in [0.1, 0.15) is 10.7 Å². The van der Waals surface area contributed by atoms with Crippen LogP contribution in [0.2, 0.25) is 0 Å². The van der Waals surface area contributed by atoms with Gasteiger partial charge in [-0.05, 0) is 14.1 Å². The van der Waals surface area contributed by atoms with Crippen molar-refractivity contribution >= 4 is 23.1 Å². The molecular weight excluding hydrogens is 214 g/mol. The summed E-state index contributed by atoms with van der Waals surface area (Å²) < 4.78 is 0. The van der Waals surface area contributed by atoms with Crippen molar-refractivity contribution in [2.75, 3.05) is 19.8 Å². The van der Waals surface area contributed by atoms with E-state index in [0.717, 1.165) is 23.0 Å². The third-order valence-corrected chi connectivity index (χ3v) is 3.18. The van der Waals surface area contributed by atoms with Gasteiger partial charge in [0.1, 0.15) is 5.01 Å². The van der Waals surface area contributed by atoms with Gasteiger partial charge >= 0.3 is 0 Å². The molecule has 0 radical (unpaired) electrons. The molecule has 1 heterocycles. The summed E-state index contributed by atoms with van der Waals surface area (Å²) in [6, 6.07) is 2.11. The molecule has 0 aliphatic carbocycles. The van der Waals surface area contributed by atoms with Crippen LogP contribution < -0.4 is 0 Å². The molecule has 0 spiro atoms. The molecule has 0 bridgehead atoms. The van der Waals surface area contributed by atoms with Gasteiger partial charge in [0.05, 0.1) is 17.5 Å². The highest BCUT2D eigenvalue weighted by Crippen LogP contribution is 2.16. The molecule has 0 atom stereocenters. The van der Waals surface area contributed by atoms with Crippen LogP contribution in [-0.4, -0.2) is 29.7 Å². The first-order chi connectivity index (χ1) is 6.72. The van der Waals surface area contributed by atoms with E-state index in [1.165, 1.54) is 0 Å². The van der Waals surface area contributed by atoms with Crippen molar-refractivity contribution in [2.45, 2.75) is 12.3 Å². The molecule has 1 aromatic heterocycles. The zero-order valence-corrected chi connectivity index (χ0v) is 9.99. The van der Waals surface area contributed by atoms with Gasteiger partial charge in [-0.3, -0.25) is 0 Å². The minimum Gasteiger partial charge on any atom is -0.303 e. The lowest BCUT2D eigenvalue weighted by Crippen LogP contribution is -2.10. The maximum Gasteiger partial charge on any atom is 0.107 e. The van der Waals surface area contributed by atoms with Gasteiger partial charge in [-0.2, -0.15) is 5.26 Å². The number of nitriles is 1. The monoisotopic (exact) mass is 227 g/mol. The molecule has 0 aliphatic heterocycles. The van der Waals surface area contributed by atoms with E-state index in [-0.39, 0.29) is 0 Å². The number of aromatic nitrogens is 1. The summed E-state index contributed by atoms with van der Waals surface area (Å²) in [7, 11) is 4.07. The van der Waals surface area contributed by atoms with Crippen molar-refractivity contribution in [3.05, 3.63) is 16.1 Å². The Morgan fingerprint density at radius 1 is 1.64 bits per heavy atom. The Balaban J connectivity index is 2.39. The molecule has 0 amide bonds. The number of thiazole rings is 1. The first kappa shape index (κ1) is 11.5. The van der Waals surface area contributed by atoms with Crippen molar-refractivity contribution in [1.29, 1.82) is 5.26 Å². The molecule has 76 valence electrons. The predicted molar refractivity (Wildman–Crippen MR) is 61.3 cm³/mol. The second-order valence-corrected chi connectivity index (χ2v) is 5.05. The lowest BCUT2D eigenvalue weighted by Gasteiger charge is -2.04. The van der Waals surface area contributed by atoms with Crippen LogP contribution in [-0.2, 0) is 12.3 Å². The molecule has 0 aromatic carbocycles. The van der Waals surface area contributed by atoms with E-state index in [1.807, 2.05) is 14.1 Å². The molecule has 1 rings (SSSR count). The minimum absolute atomic E-state index is 0.542. The predicted octanol–water partition coefficient (Wildman–Crippen LogP) is 1.96. The van der Waals surface area contributed by atoms with E-state index >= 15 is 0 Å². The summed E-state index contributed by atoms with van der Waals surface area (Å²) in [6.07, 6.45) is 0. The van der Waals surface area contributed by atoms with Gasteiger partial charge in [0.25, 0.3) is 0 Å². The molecule has 0 unspecified atom stereocenters. The third kappa shape index (κ3) is 4.09. The Morgan fingerprint density at radius 2 is 2.43 bits per heavy atom. The Bertz CT molecular complexity index is 314. The van der Waals surface area contributed by atoms with E-state index < -0.39 is 0 Å². The van der Waals surface area contributed by atoms with Gasteiger partial charge in [-0.25, -0.2) is 4.98 Å². The van der Waals surface area contributed by atoms with E-state index in [4.69, 9.17) is 5.26 Å². The number of nitrogens with zero attached hydrogens (tertiary/aromatic N) is 3. The minimum atomic E-state index is 0.542. The third-order valence-electron chi connectivity index (χ3n) is 1.47. The van der Waals surface area contributed by atoms with E-state index in [9.17, 15) is 0 Å². The van der Waals surface area contributed by atoms with Crippen molar-refractivity contribution < 1.29 is 0 Å². The SMILES string of the molecule is CN(C)Cc1nc(CSCC#N)cs1. The lowest BCUT2D eigenvalue weighted by molar-refractivity contribution is 0.401. The molecule has 0 saturated heterocycles. The number of hydrogen-bond acceptors (Lipinski definition) is 5. The molecule has 14 heavy (non-hydrogen) atoms. The highest BCUT2D eigenvalue weighted by molar-refractivity contribution is 7.98. The van der Waals surface area contributed by atoms with Crippen LogP contribution in [0.25, 0.3) is 0 Å². The molecule has 0 fully saturated rings. The fourth-order valence-electron chi connectivity index (χ4n) is 0.960. The number of rotatable bonds is 5. The second kappa shape index (κ2) is 6.02. The molecule has 5 heteroatoms. The van der Waals surface area contributed by atoms with Crippen molar-refractivity contribution in [2.24, 2.45) is 0 Å². The van der Waals surface area contributed by atoms with Crippen LogP contribution in [0.5, 0.6) is 0 Å². The summed E-state index contributed by atoms with van der Waals surface area (Å²) in [5, 5.41) is 11.6. The topological polar surface area (TPSA) is 39.9 Å². The van der Waals surface area contributed by atoms with Gasteiger partial charge in [0, 0.05) is 17.7 Å². The number of thioether (sulfide) groups is 1. The van der Waals surface area contributed by atoms with Crippen LogP contribution in [0.3, 0.4) is 0 Å². The molecule has 3 nitrogen and oxygen atoms in total. The van der Waals surface area contributed by atoms with Crippen LogP contribution in [0.15, 0.2) is 5.38 Å². The van der Waals surface area contributed by atoms with Gasteiger partial charge < -0.3 is 4.90 Å². The fraction of sp³-hybridized carbons (Fsp3) is 0.556. The van der Waals surface area contributed by atoms with Crippen molar-refractivity contribution in [3.8, 4) is 6.07 Å². The first-order valence-corrected chi connectivity index (χ1v) is 6.28. The molecule has 0 aliphatic rings. The summed E-state index contributed by atoms with van der Waals surface area (Å²) in [5.41, 5.74) is 1.09. The van der Waals surface area contributed by atoms with Gasteiger partial charge in [0.15, 0.2) is 0 Å². The molecule has 0 saturated carbocycles. The second-order valence-electron chi connectivity index (χ2n) is 3.12. The Morgan fingerprint density at radius 3 is 3.07 bits per heavy atom. The average molecular weight is 227 g/mol. The van der Waals surface area contributed by atoms with Crippen LogP contribution in [0.4, 0.5) is 0 Å². The summed E-state index contributed by atoms with van der Waals surface area (Å²) in [4.78, 5) is 6.57. The van der Waals surface area contributed by atoms with Crippen molar-refractivity contribution in [1.82, 2.24) is 9.88 Å². The molecule has 1 aromatic rings. The average Bonchev–Trinajstić information content (AvgIpc) is 2.52. The Hall–Kier alpha value is -0.570. The number of hydrogen-bond donors (Lipinski definition) is 0. The molecule has 0 N–H and O–H groups in total. The zero-order chi connectivity index (χ0) is 10.4. The normalized spacial score (nSPS) is 10.4. The van der Waals surface area contributed by atoms with Crippen LogP contribution >= 0.6 is 23.1 Å². The summed E-state index contributed by atoms with van der Waals surface area (Å²) in [5.74, 6) is 1.39. The first-order valence-electron chi connectivity index (χ1n) is 4.25. The van der Waals surface area contributed by atoms with E-state index in [0.29, 0.717) is 5.75 Å². The summed E-state index contributed by atoms with van der Waals surface area (Å²) in [6.45, 7) is 0.896. The zero-order valence-electron chi connectivity index (χ0n) is 8.36. The standard InChI is InChI=1S/C9H13N3S2/c1-12(2)5-9-11-8(7-14-9)6-13-4-3-10/h7H,4-6H2,1-2H3. The van der Waals surface area contributed by atoms with Crippen molar-refractivity contribution in [3.63, 3.8) is 0 Å². The Kier molecular flexibility index (Phi) is 4.94. The van der Waals surface area contributed by atoms with Gasteiger partial charge in [0.2, 0.25) is 0 Å². The Labute approximate surface area is 92.8 Å². The highest BCUT2D eigenvalue weighted by Gasteiger charge is 2.02. The largest absolute Gasteiger partial charge is 0.303 e. The quantitative estimate of drug-likeness (QED) is 0.721. The lowest BCUT2D eigenvalue weighted by atomic mass is 10.5. The van der Waals surface area contributed by atoms with Crippen LogP contribution in [0, 0.1) is 11.3 Å². The van der Waals surface area contributed by atoms with E-state index in [2.05, 4.69) is 21.3 Å². The fourth-order valence-corrected chi connectivity index (χ4v) is 2.53. The van der Waals surface area contributed by atoms with E-state index in [1.54, 1.807) is 23.1 Å². The summed E-state index contributed by atoms with van der Waals surface area (Å²) >= 11 is 3.29.